The number of piperazine rings is 1. The number of benzene rings is 3. The molecule has 1 saturated heterocycles. The summed E-state index contributed by atoms with van der Waals surface area (Å²) in [5.74, 6) is 0.820. The van der Waals surface area contributed by atoms with E-state index in [-0.39, 0.29) is 0 Å². The van der Waals surface area contributed by atoms with Gasteiger partial charge >= 0.3 is 0 Å². The van der Waals surface area contributed by atoms with Gasteiger partial charge in [0.25, 0.3) is 0 Å². The van der Waals surface area contributed by atoms with E-state index in [1.54, 1.807) is 0 Å². The first-order chi connectivity index (χ1) is 13.7. The average Bonchev–Trinajstić information content (AvgIpc) is 2.73. The van der Waals surface area contributed by atoms with Gasteiger partial charge in [-0.05, 0) is 23.6 Å². The molecular weight excluding hydrogens is 372 g/mol. The van der Waals surface area contributed by atoms with E-state index in [2.05, 4.69) is 28.0 Å². The van der Waals surface area contributed by atoms with Gasteiger partial charge in [0, 0.05) is 38.1 Å². The van der Waals surface area contributed by atoms with Crippen LogP contribution in [0.4, 0.5) is 5.69 Å². The SMILES string of the molecule is O[C@H](COc1cccc2ccccc12)CN1CCN(c2ccccc2Cl)CC1. The number of anilines is 1. The first-order valence-corrected chi connectivity index (χ1v) is 10.1. The molecular formula is C23H25ClN2O2. The van der Waals surface area contributed by atoms with Crippen molar-refractivity contribution in [3.63, 3.8) is 0 Å². The lowest BCUT2D eigenvalue weighted by Crippen LogP contribution is -2.49. The smallest absolute Gasteiger partial charge is 0.127 e. The molecule has 0 radical (unpaired) electrons. The molecule has 1 N–H and O–H groups in total. The molecule has 28 heavy (non-hydrogen) atoms. The quantitative estimate of drug-likeness (QED) is 0.681. The van der Waals surface area contributed by atoms with Crippen LogP contribution in [-0.2, 0) is 0 Å². The van der Waals surface area contributed by atoms with E-state index in [1.165, 1.54) is 0 Å². The highest BCUT2D eigenvalue weighted by atomic mass is 35.5. The number of aliphatic hydroxyl groups is 1. The van der Waals surface area contributed by atoms with Gasteiger partial charge in [-0.2, -0.15) is 0 Å². The zero-order valence-electron chi connectivity index (χ0n) is 15.8. The summed E-state index contributed by atoms with van der Waals surface area (Å²) < 4.78 is 5.92. The molecule has 5 heteroatoms. The van der Waals surface area contributed by atoms with E-state index in [9.17, 15) is 5.11 Å². The third-order valence-corrected chi connectivity index (χ3v) is 5.53. The van der Waals surface area contributed by atoms with Gasteiger partial charge in [-0.25, -0.2) is 0 Å². The Balaban J connectivity index is 1.28. The Morgan fingerprint density at radius 2 is 1.61 bits per heavy atom. The predicted octanol–water partition coefficient (Wildman–Crippen LogP) is 4.06. The Morgan fingerprint density at radius 1 is 0.893 bits per heavy atom. The van der Waals surface area contributed by atoms with Crippen LogP contribution in [0.1, 0.15) is 0 Å². The van der Waals surface area contributed by atoms with Crippen LogP contribution in [0.5, 0.6) is 5.75 Å². The van der Waals surface area contributed by atoms with E-state index >= 15 is 0 Å². The van der Waals surface area contributed by atoms with Gasteiger partial charge in [0.1, 0.15) is 18.5 Å². The van der Waals surface area contributed by atoms with E-state index in [1.807, 2.05) is 48.5 Å². The fraction of sp³-hybridized carbons (Fsp3) is 0.304. The van der Waals surface area contributed by atoms with E-state index in [0.29, 0.717) is 13.2 Å². The van der Waals surface area contributed by atoms with Crippen LogP contribution < -0.4 is 9.64 Å². The molecule has 1 aliphatic rings. The second-order valence-corrected chi connectivity index (χ2v) is 7.59. The molecule has 1 aliphatic heterocycles. The maximum atomic E-state index is 10.5. The Labute approximate surface area is 170 Å². The molecule has 0 aromatic heterocycles. The molecule has 1 heterocycles. The van der Waals surface area contributed by atoms with Gasteiger partial charge in [0.15, 0.2) is 0 Å². The molecule has 0 bridgehead atoms. The third kappa shape index (κ3) is 4.41. The minimum Gasteiger partial charge on any atom is -0.490 e. The van der Waals surface area contributed by atoms with Gasteiger partial charge in [-0.15, -0.1) is 0 Å². The van der Waals surface area contributed by atoms with Crippen LogP contribution in [0.25, 0.3) is 10.8 Å². The summed E-state index contributed by atoms with van der Waals surface area (Å²) in [5.41, 5.74) is 1.09. The second kappa shape index (κ2) is 8.82. The van der Waals surface area contributed by atoms with Crippen LogP contribution >= 0.6 is 11.6 Å². The maximum Gasteiger partial charge on any atom is 0.127 e. The predicted molar refractivity (Wildman–Crippen MR) is 116 cm³/mol. The Morgan fingerprint density at radius 3 is 2.43 bits per heavy atom. The van der Waals surface area contributed by atoms with Gasteiger partial charge in [-0.1, -0.05) is 60.1 Å². The summed E-state index contributed by atoms with van der Waals surface area (Å²) >= 11 is 6.31. The summed E-state index contributed by atoms with van der Waals surface area (Å²) in [6.07, 6.45) is -0.522. The fourth-order valence-corrected chi connectivity index (χ4v) is 3.99. The average molecular weight is 397 g/mol. The van der Waals surface area contributed by atoms with E-state index in [4.69, 9.17) is 16.3 Å². The molecule has 0 unspecified atom stereocenters. The highest BCUT2D eigenvalue weighted by molar-refractivity contribution is 6.33. The summed E-state index contributed by atoms with van der Waals surface area (Å²) in [6.45, 7) is 4.51. The van der Waals surface area contributed by atoms with Crippen molar-refractivity contribution >= 4 is 28.1 Å². The Bertz CT molecular complexity index is 920. The first kappa shape index (κ1) is 19.1. The molecule has 0 aliphatic carbocycles. The Kier molecular flexibility index (Phi) is 6.01. The summed E-state index contributed by atoms with van der Waals surface area (Å²) in [5, 5.41) is 13.5. The molecule has 0 amide bonds. The second-order valence-electron chi connectivity index (χ2n) is 7.18. The van der Waals surface area contributed by atoms with Crippen molar-refractivity contribution < 1.29 is 9.84 Å². The lowest BCUT2D eigenvalue weighted by atomic mass is 10.1. The third-order valence-electron chi connectivity index (χ3n) is 5.22. The van der Waals surface area contributed by atoms with Gasteiger partial charge in [0.2, 0.25) is 0 Å². The van der Waals surface area contributed by atoms with Crippen LogP contribution in [0.3, 0.4) is 0 Å². The maximum absolute atomic E-state index is 10.5. The molecule has 3 aromatic carbocycles. The van der Waals surface area contributed by atoms with Crippen LogP contribution in [0, 0.1) is 0 Å². The molecule has 4 nitrogen and oxygen atoms in total. The monoisotopic (exact) mass is 396 g/mol. The lowest BCUT2D eigenvalue weighted by Gasteiger charge is -2.37. The van der Waals surface area contributed by atoms with Crippen LogP contribution in [0.15, 0.2) is 66.7 Å². The zero-order chi connectivity index (χ0) is 19.3. The van der Waals surface area contributed by atoms with Crippen molar-refractivity contribution in [3.8, 4) is 5.75 Å². The largest absolute Gasteiger partial charge is 0.490 e. The number of para-hydroxylation sites is 1. The van der Waals surface area contributed by atoms with Crippen molar-refractivity contribution in [1.29, 1.82) is 0 Å². The summed E-state index contributed by atoms with van der Waals surface area (Å²) in [7, 11) is 0. The lowest BCUT2D eigenvalue weighted by molar-refractivity contribution is 0.0668. The molecule has 3 aromatic rings. The molecule has 1 atom stereocenters. The Hall–Kier alpha value is -2.27. The van der Waals surface area contributed by atoms with Gasteiger partial charge in [0.05, 0.1) is 10.7 Å². The van der Waals surface area contributed by atoms with Crippen molar-refractivity contribution in [2.24, 2.45) is 0 Å². The minimum absolute atomic E-state index is 0.290. The number of fused-ring (bicyclic) bond motifs is 1. The van der Waals surface area contributed by atoms with Crippen molar-refractivity contribution in [1.82, 2.24) is 4.90 Å². The van der Waals surface area contributed by atoms with E-state index < -0.39 is 6.10 Å². The van der Waals surface area contributed by atoms with Gasteiger partial charge < -0.3 is 14.7 Å². The van der Waals surface area contributed by atoms with Crippen molar-refractivity contribution in [2.45, 2.75) is 6.10 Å². The van der Waals surface area contributed by atoms with Gasteiger partial charge in [-0.3, -0.25) is 4.90 Å². The minimum atomic E-state index is -0.522. The fourth-order valence-electron chi connectivity index (χ4n) is 3.74. The summed E-state index contributed by atoms with van der Waals surface area (Å²) in [6, 6.07) is 22.1. The van der Waals surface area contributed by atoms with Crippen molar-refractivity contribution in [3.05, 3.63) is 71.8 Å². The highest BCUT2D eigenvalue weighted by Crippen LogP contribution is 2.27. The standard InChI is InChI=1S/C23H25ClN2O2/c24-21-9-3-4-10-22(21)26-14-12-25(13-15-26)16-19(27)17-28-23-11-5-7-18-6-1-2-8-20(18)23/h1-11,19,27H,12-17H2/t19-/m0/s1. The van der Waals surface area contributed by atoms with Crippen LogP contribution in [0.2, 0.25) is 5.02 Å². The molecule has 146 valence electrons. The molecule has 0 spiro atoms. The zero-order valence-corrected chi connectivity index (χ0v) is 16.6. The first-order valence-electron chi connectivity index (χ1n) is 9.71. The summed E-state index contributed by atoms with van der Waals surface area (Å²) in [4.78, 5) is 4.59. The number of ether oxygens (including phenoxy) is 1. The number of halogens is 1. The number of hydrogen-bond donors (Lipinski definition) is 1. The highest BCUT2D eigenvalue weighted by Gasteiger charge is 2.21. The van der Waals surface area contributed by atoms with Crippen LogP contribution in [-0.4, -0.2) is 55.4 Å². The number of nitrogens with zero attached hydrogens (tertiary/aromatic N) is 2. The molecule has 0 saturated carbocycles. The topological polar surface area (TPSA) is 35.9 Å². The molecule has 1 fully saturated rings. The van der Waals surface area contributed by atoms with Crippen molar-refractivity contribution in [2.75, 3.05) is 44.2 Å². The number of hydrogen-bond acceptors (Lipinski definition) is 4. The number of aliphatic hydroxyl groups excluding tert-OH is 1. The number of rotatable bonds is 6. The molecule has 4 rings (SSSR count). The van der Waals surface area contributed by atoms with E-state index in [0.717, 1.165) is 53.4 Å². The normalized spacial score (nSPS) is 16.3. The number of β-amino-alcohol motifs (C(OH)–C–C–N with tert-alkyl or cyclic N) is 1.